The smallest absolute Gasteiger partial charge is 0.225 e. The van der Waals surface area contributed by atoms with Gasteiger partial charge in [-0.3, -0.25) is 19.5 Å². The fourth-order valence-electron chi connectivity index (χ4n) is 4.88. The van der Waals surface area contributed by atoms with Crippen LogP contribution in [0.5, 0.6) is 0 Å². The minimum Gasteiger partial charge on any atom is -0.357 e. The summed E-state index contributed by atoms with van der Waals surface area (Å²) in [5.74, 6) is 1.79. The average Bonchev–Trinajstić information content (AvgIpc) is 3.46. The molecule has 1 aliphatic carbocycles. The Labute approximate surface area is 210 Å². The summed E-state index contributed by atoms with van der Waals surface area (Å²) in [4.78, 5) is 36.0. The predicted octanol–water partition coefficient (Wildman–Crippen LogP) is 1.75. The lowest BCUT2D eigenvalue weighted by Gasteiger charge is -2.35. The van der Waals surface area contributed by atoms with Crippen molar-refractivity contribution in [3.05, 3.63) is 0 Å². The van der Waals surface area contributed by atoms with E-state index in [4.69, 9.17) is 4.99 Å². The van der Waals surface area contributed by atoms with E-state index in [1.807, 2.05) is 18.7 Å². The maximum absolute atomic E-state index is 12.6. The third kappa shape index (κ3) is 7.74. The van der Waals surface area contributed by atoms with Crippen molar-refractivity contribution in [3.63, 3.8) is 0 Å². The molecular formula is C23H43IN6O2. The van der Waals surface area contributed by atoms with E-state index in [9.17, 15) is 9.59 Å². The number of likely N-dealkylation sites (tertiary alicyclic amines) is 1. The molecule has 0 aromatic rings. The van der Waals surface area contributed by atoms with Crippen molar-refractivity contribution in [2.45, 2.75) is 58.9 Å². The Kier molecular flexibility index (Phi) is 11.5. The van der Waals surface area contributed by atoms with Gasteiger partial charge in [0.05, 0.1) is 6.54 Å². The first-order chi connectivity index (χ1) is 15.0. The van der Waals surface area contributed by atoms with Gasteiger partial charge in [-0.1, -0.05) is 26.7 Å². The van der Waals surface area contributed by atoms with Gasteiger partial charge in [-0.15, -0.1) is 24.0 Å². The first-order valence-corrected chi connectivity index (χ1v) is 12.3. The summed E-state index contributed by atoms with van der Waals surface area (Å²) in [6, 6.07) is 0.255. The molecule has 184 valence electrons. The van der Waals surface area contributed by atoms with Crippen molar-refractivity contribution in [1.29, 1.82) is 0 Å². The number of amides is 2. The maximum Gasteiger partial charge on any atom is 0.225 e. The van der Waals surface area contributed by atoms with Crippen LogP contribution in [0.15, 0.2) is 4.99 Å². The topological polar surface area (TPSA) is 80.3 Å². The lowest BCUT2D eigenvalue weighted by Crippen LogP contribution is -2.50. The van der Waals surface area contributed by atoms with E-state index >= 15 is 0 Å². The summed E-state index contributed by atoms with van der Waals surface area (Å²) >= 11 is 0. The second kappa shape index (κ2) is 13.6. The number of aliphatic imine (C=N–C) groups is 1. The molecule has 0 radical (unpaired) electrons. The van der Waals surface area contributed by atoms with Gasteiger partial charge in [-0.05, 0) is 26.2 Å². The Bertz CT molecular complexity index is 630. The lowest BCUT2D eigenvalue weighted by molar-refractivity contribution is -0.137. The normalized spacial score (nSPS) is 22.9. The molecule has 1 atom stereocenters. The van der Waals surface area contributed by atoms with Gasteiger partial charge in [0, 0.05) is 70.2 Å². The van der Waals surface area contributed by atoms with Crippen LogP contribution in [0.4, 0.5) is 0 Å². The molecule has 0 bridgehead atoms. The molecule has 2 heterocycles. The molecule has 2 amide bonds. The molecule has 1 unspecified atom stereocenters. The highest BCUT2D eigenvalue weighted by molar-refractivity contribution is 14.0. The van der Waals surface area contributed by atoms with Crippen LogP contribution in [0.3, 0.4) is 0 Å². The number of carbonyl (C=O) groups excluding carboxylic acids is 2. The first-order valence-electron chi connectivity index (χ1n) is 12.3. The number of halogens is 1. The maximum atomic E-state index is 12.6. The quantitative estimate of drug-likeness (QED) is 0.281. The fourth-order valence-corrected chi connectivity index (χ4v) is 4.88. The number of nitrogens with zero attached hydrogens (tertiary/aromatic N) is 4. The first kappa shape index (κ1) is 27.1. The monoisotopic (exact) mass is 562 g/mol. The predicted molar refractivity (Wildman–Crippen MR) is 139 cm³/mol. The molecule has 2 saturated heterocycles. The Balaban J connectivity index is 0.00000363. The molecule has 3 aliphatic rings. The molecule has 2 aliphatic heterocycles. The highest BCUT2D eigenvalue weighted by Gasteiger charge is 2.30. The Morgan fingerprint density at radius 2 is 1.69 bits per heavy atom. The van der Waals surface area contributed by atoms with Gasteiger partial charge in [0.25, 0.3) is 0 Å². The molecule has 8 nitrogen and oxygen atoms in total. The number of carbonyl (C=O) groups is 2. The van der Waals surface area contributed by atoms with Crippen molar-refractivity contribution in [3.8, 4) is 0 Å². The third-order valence-electron chi connectivity index (χ3n) is 6.75. The van der Waals surface area contributed by atoms with Crippen molar-refractivity contribution >= 4 is 41.8 Å². The third-order valence-corrected chi connectivity index (χ3v) is 6.75. The van der Waals surface area contributed by atoms with Crippen LogP contribution in [0.25, 0.3) is 0 Å². The van der Waals surface area contributed by atoms with Crippen molar-refractivity contribution < 1.29 is 9.59 Å². The SMILES string of the molecule is CCNC(=NCCN1CCN(C(=O)C2CCCC2)CC1)NC1CCN(C(=O)C(C)C)C1.I. The molecule has 0 aromatic heterocycles. The number of piperazine rings is 1. The molecule has 2 N–H and O–H groups in total. The second-order valence-corrected chi connectivity index (χ2v) is 9.48. The highest BCUT2D eigenvalue weighted by atomic mass is 127. The molecule has 1 saturated carbocycles. The Morgan fingerprint density at radius 1 is 1.00 bits per heavy atom. The van der Waals surface area contributed by atoms with E-state index in [0.29, 0.717) is 5.91 Å². The van der Waals surface area contributed by atoms with Crippen LogP contribution in [-0.4, -0.2) is 97.4 Å². The lowest BCUT2D eigenvalue weighted by atomic mass is 10.1. The van der Waals surface area contributed by atoms with Gasteiger partial charge in [0.2, 0.25) is 11.8 Å². The van der Waals surface area contributed by atoms with E-state index in [1.165, 1.54) is 12.8 Å². The van der Waals surface area contributed by atoms with Crippen LogP contribution >= 0.6 is 24.0 Å². The minimum absolute atomic E-state index is 0. The summed E-state index contributed by atoms with van der Waals surface area (Å²) in [7, 11) is 0. The van der Waals surface area contributed by atoms with Gasteiger partial charge < -0.3 is 20.4 Å². The van der Waals surface area contributed by atoms with E-state index in [-0.39, 0.29) is 47.8 Å². The fraction of sp³-hybridized carbons (Fsp3) is 0.870. The van der Waals surface area contributed by atoms with Crippen molar-refractivity contribution in [1.82, 2.24) is 25.3 Å². The molecule has 0 aromatic carbocycles. The number of nitrogens with one attached hydrogen (secondary N) is 2. The molecule has 32 heavy (non-hydrogen) atoms. The van der Waals surface area contributed by atoms with Crippen LogP contribution in [-0.2, 0) is 9.59 Å². The molecule has 3 fully saturated rings. The number of hydrogen-bond donors (Lipinski definition) is 2. The van der Waals surface area contributed by atoms with Gasteiger partial charge in [0.1, 0.15) is 0 Å². The van der Waals surface area contributed by atoms with Crippen LogP contribution in [0.2, 0.25) is 0 Å². The van der Waals surface area contributed by atoms with Crippen LogP contribution in [0, 0.1) is 11.8 Å². The average molecular weight is 563 g/mol. The van der Waals surface area contributed by atoms with Crippen LogP contribution in [0.1, 0.15) is 52.9 Å². The van der Waals surface area contributed by atoms with Crippen molar-refractivity contribution in [2.75, 3.05) is 58.9 Å². The van der Waals surface area contributed by atoms with E-state index < -0.39 is 0 Å². The molecule has 3 rings (SSSR count). The van der Waals surface area contributed by atoms with Crippen molar-refractivity contribution in [2.24, 2.45) is 16.8 Å². The van der Waals surface area contributed by atoms with E-state index in [1.54, 1.807) is 0 Å². The van der Waals surface area contributed by atoms with Crippen LogP contribution < -0.4 is 10.6 Å². The summed E-state index contributed by atoms with van der Waals surface area (Å²) in [6.45, 7) is 13.6. The Morgan fingerprint density at radius 3 is 2.31 bits per heavy atom. The molecule has 0 spiro atoms. The zero-order chi connectivity index (χ0) is 22.2. The second-order valence-electron chi connectivity index (χ2n) is 9.48. The van der Waals surface area contributed by atoms with Gasteiger partial charge >= 0.3 is 0 Å². The standard InChI is InChI=1S/C23H42N6O2.HI/c1-4-24-23(26-20-9-11-29(17-20)21(30)18(2)3)25-10-12-27-13-15-28(16-14-27)22(31)19-7-5-6-8-19;/h18-20H,4-17H2,1-3H3,(H2,24,25,26);1H. The van der Waals surface area contributed by atoms with Gasteiger partial charge in [-0.2, -0.15) is 0 Å². The summed E-state index contributed by atoms with van der Waals surface area (Å²) < 4.78 is 0. The number of guanidine groups is 1. The van der Waals surface area contributed by atoms with Gasteiger partial charge in [-0.25, -0.2) is 0 Å². The summed E-state index contributed by atoms with van der Waals surface area (Å²) in [5, 5.41) is 6.84. The van der Waals surface area contributed by atoms with E-state index in [0.717, 1.165) is 84.1 Å². The largest absolute Gasteiger partial charge is 0.357 e. The van der Waals surface area contributed by atoms with Gasteiger partial charge in [0.15, 0.2) is 5.96 Å². The zero-order valence-corrected chi connectivity index (χ0v) is 22.5. The summed E-state index contributed by atoms with van der Waals surface area (Å²) in [6.07, 6.45) is 5.55. The molecular weight excluding hydrogens is 519 g/mol. The summed E-state index contributed by atoms with van der Waals surface area (Å²) in [5.41, 5.74) is 0. The highest BCUT2D eigenvalue weighted by Crippen LogP contribution is 2.26. The molecule has 9 heteroatoms. The van der Waals surface area contributed by atoms with E-state index in [2.05, 4.69) is 27.4 Å². The minimum atomic E-state index is 0. The Hall–Kier alpha value is -1.10. The number of rotatable bonds is 7. The zero-order valence-electron chi connectivity index (χ0n) is 20.1. The number of hydrogen-bond acceptors (Lipinski definition) is 4.